The van der Waals surface area contributed by atoms with Crippen molar-refractivity contribution in [2.24, 2.45) is 0 Å². The van der Waals surface area contributed by atoms with Crippen molar-refractivity contribution in [2.45, 2.75) is 23.8 Å². The topological polar surface area (TPSA) is 86.7 Å². The molecule has 1 atom stereocenters. The molecule has 1 aliphatic rings. The first-order valence-electron chi connectivity index (χ1n) is 5.57. The SMILES string of the molecule is O=C(O)C1CCCN1NS(=O)(=O)c1ccccc1. The van der Waals surface area contributed by atoms with Crippen LogP contribution in [0.1, 0.15) is 12.8 Å². The van der Waals surface area contributed by atoms with Gasteiger partial charge in [0, 0.05) is 6.54 Å². The van der Waals surface area contributed by atoms with Crippen LogP contribution in [-0.4, -0.2) is 37.1 Å². The summed E-state index contributed by atoms with van der Waals surface area (Å²) >= 11 is 0. The zero-order chi connectivity index (χ0) is 13.2. The second kappa shape index (κ2) is 5.05. The molecule has 1 fully saturated rings. The van der Waals surface area contributed by atoms with Gasteiger partial charge in [-0.3, -0.25) is 4.79 Å². The Bertz CT molecular complexity index is 529. The molecule has 98 valence electrons. The lowest BCUT2D eigenvalue weighted by molar-refractivity contribution is -0.142. The number of nitrogens with zero attached hydrogens (tertiary/aromatic N) is 1. The van der Waals surface area contributed by atoms with Crippen molar-refractivity contribution in [1.82, 2.24) is 9.84 Å². The summed E-state index contributed by atoms with van der Waals surface area (Å²) in [6, 6.07) is 7.10. The molecule has 1 saturated heterocycles. The smallest absolute Gasteiger partial charge is 0.322 e. The van der Waals surface area contributed by atoms with E-state index in [0.717, 1.165) is 0 Å². The summed E-state index contributed by atoms with van der Waals surface area (Å²) in [7, 11) is -3.70. The standard InChI is InChI=1S/C11H14N2O4S/c14-11(15)10-7-4-8-13(10)12-18(16,17)9-5-2-1-3-6-9/h1-3,5-6,10,12H,4,7-8H2,(H,14,15). The maximum Gasteiger partial charge on any atom is 0.322 e. The van der Waals surface area contributed by atoms with Crippen molar-refractivity contribution >= 4 is 16.0 Å². The first-order valence-corrected chi connectivity index (χ1v) is 7.06. The molecule has 0 aliphatic carbocycles. The first kappa shape index (κ1) is 13.0. The molecule has 0 amide bonds. The van der Waals surface area contributed by atoms with E-state index in [9.17, 15) is 13.2 Å². The van der Waals surface area contributed by atoms with Crippen LogP contribution in [0.5, 0.6) is 0 Å². The Morgan fingerprint density at radius 3 is 2.61 bits per heavy atom. The second-order valence-corrected chi connectivity index (χ2v) is 5.76. The van der Waals surface area contributed by atoms with Crippen LogP contribution in [0, 0.1) is 0 Å². The van der Waals surface area contributed by atoms with Crippen LogP contribution in [0.3, 0.4) is 0 Å². The molecule has 18 heavy (non-hydrogen) atoms. The molecule has 0 radical (unpaired) electrons. The summed E-state index contributed by atoms with van der Waals surface area (Å²) in [4.78, 5) is 13.4. The fourth-order valence-corrected chi connectivity index (χ4v) is 3.09. The van der Waals surface area contributed by atoms with E-state index in [4.69, 9.17) is 5.11 Å². The van der Waals surface area contributed by atoms with Crippen LogP contribution in [0.2, 0.25) is 0 Å². The number of hydrogen-bond acceptors (Lipinski definition) is 4. The van der Waals surface area contributed by atoms with Crippen LogP contribution < -0.4 is 4.83 Å². The van der Waals surface area contributed by atoms with Crippen molar-refractivity contribution in [3.8, 4) is 0 Å². The molecule has 1 unspecified atom stereocenters. The molecular weight excluding hydrogens is 256 g/mol. The highest BCUT2D eigenvalue weighted by Crippen LogP contribution is 2.17. The molecule has 0 spiro atoms. The van der Waals surface area contributed by atoms with Crippen LogP contribution >= 0.6 is 0 Å². The summed E-state index contributed by atoms with van der Waals surface area (Å²) in [5.74, 6) is -1.01. The third kappa shape index (κ3) is 2.69. The Morgan fingerprint density at radius 2 is 2.00 bits per heavy atom. The van der Waals surface area contributed by atoms with Gasteiger partial charge < -0.3 is 5.11 Å². The van der Waals surface area contributed by atoms with Crippen molar-refractivity contribution in [3.63, 3.8) is 0 Å². The van der Waals surface area contributed by atoms with Gasteiger partial charge in [-0.05, 0) is 25.0 Å². The Kier molecular flexibility index (Phi) is 3.65. The fraction of sp³-hybridized carbons (Fsp3) is 0.364. The molecular formula is C11H14N2O4S. The van der Waals surface area contributed by atoms with Crippen LogP contribution in [-0.2, 0) is 14.8 Å². The zero-order valence-electron chi connectivity index (χ0n) is 9.61. The number of aliphatic carboxylic acids is 1. The van der Waals surface area contributed by atoms with E-state index in [2.05, 4.69) is 4.83 Å². The fourth-order valence-electron chi connectivity index (χ4n) is 1.94. The third-order valence-corrected chi connectivity index (χ3v) is 4.20. The summed E-state index contributed by atoms with van der Waals surface area (Å²) < 4.78 is 24.0. The van der Waals surface area contributed by atoms with E-state index in [1.807, 2.05) is 0 Å². The molecule has 1 aliphatic heterocycles. The van der Waals surface area contributed by atoms with Crippen LogP contribution in [0.25, 0.3) is 0 Å². The van der Waals surface area contributed by atoms with Crippen LogP contribution in [0.4, 0.5) is 0 Å². The van der Waals surface area contributed by atoms with Gasteiger partial charge in [0.1, 0.15) is 6.04 Å². The number of carboxylic acids is 1. The second-order valence-electron chi connectivity index (χ2n) is 4.10. The largest absolute Gasteiger partial charge is 0.480 e. The number of benzene rings is 1. The van der Waals surface area contributed by atoms with Gasteiger partial charge in [0.25, 0.3) is 10.0 Å². The number of rotatable bonds is 4. The Labute approximate surface area is 105 Å². The molecule has 6 nitrogen and oxygen atoms in total. The van der Waals surface area contributed by atoms with Gasteiger partial charge in [-0.1, -0.05) is 18.2 Å². The number of hydrazine groups is 1. The lowest BCUT2D eigenvalue weighted by atomic mass is 10.2. The van der Waals surface area contributed by atoms with E-state index in [1.54, 1.807) is 18.2 Å². The van der Waals surface area contributed by atoms with Crippen molar-refractivity contribution in [2.75, 3.05) is 6.54 Å². The van der Waals surface area contributed by atoms with E-state index in [1.165, 1.54) is 17.1 Å². The van der Waals surface area contributed by atoms with E-state index in [0.29, 0.717) is 19.4 Å². The molecule has 0 bridgehead atoms. The lowest BCUT2D eigenvalue weighted by Crippen LogP contribution is -2.48. The Balaban J connectivity index is 2.16. The number of hydrogen-bond donors (Lipinski definition) is 2. The van der Waals surface area contributed by atoms with Crippen molar-refractivity contribution in [1.29, 1.82) is 0 Å². The maximum atomic E-state index is 12.0. The minimum absolute atomic E-state index is 0.126. The highest BCUT2D eigenvalue weighted by atomic mass is 32.2. The molecule has 7 heteroatoms. The average molecular weight is 270 g/mol. The van der Waals surface area contributed by atoms with E-state index >= 15 is 0 Å². The van der Waals surface area contributed by atoms with Gasteiger partial charge in [0.05, 0.1) is 4.90 Å². The highest BCUT2D eigenvalue weighted by molar-refractivity contribution is 7.89. The molecule has 2 rings (SSSR count). The predicted molar refractivity (Wildman–Crippen MR) is 64.1 cm³/mol. The van der Waals surface area contributed by atoms with Crippen molar-refractivity contribution < 1.29 is 18.3 Å². The van der Waals surface area contributed by atoms with E-state index < -0.39 is 22.0 Å². The molecule has 2 N–H and O–H groups in total. The summed E-state index contributed by atoms with van der Waals surface area (Å²) in [6.45, 7) is 0.406. The first-order chi connectivity index (χ1) is 8.50. The third-order valence-electron chi connectivity index (χ3n) is 2.83. The predicted octanol–water partition coefficient (Wildman–Crippen LogP) is 0.429. The molecule has 0 saturated carbocycles. The minimum atomic E-state index is -3.70. The van der Waals surface area contributed by atoms with E-state index in [-0.39, 0.29) is 4.90 Å². The molecule has 1 aromatic rings. The van der Waals surface area contributed by atoms with Crippen LogP contribution in [0.15, 0.2) is 35.2 Å². The maximum absolute atomic E-state index is 12.0. The van der Waals surface area contributed by atoms with Gasteiger partial charge >= 0.3 is 5.97 Å². The Morgan fingerprint density at radius 1 is 1.33 bits per heavy atom. The normalized spacial score (nSPS) is 21.0. The Hall–Kier alpha value is -1.44. The van der Waals surface area contributed by atoms with Gasteiger partial charge in [0.15, 0.2) is 0 Å². The summed E-state index contributed by atoms with van der Waals surface area (Å²) in [5.41, 5.74) is 0. The molecule has 0 aromatic heterocycles. The number of nitrogens with one attached hydrogen (secondary N) is 1. The van der Waals surface area contributed by atoms with Gasteiger partial charge in [-0.15, -0.1) is 4.83 Å². The summed E-state index contributed by atoms with van der Waals surface area (Å²) in [6.07, 6.45) is 1.11. The van der Waals surface area contributed by atoms with Gasteiger partial charge in [-0.25, -0.2) is 13.4 Å². The summed E-state index contributed by atoms with van der Waals surface area (Å²) in [5, 5.41) is 10.2. The number of carboxylic acid groups (broad SMARTS) is 1. The zero-order valence-corrected chi connectivity index (χ0v) is 10.4. The number of carbonyl (C=O) groups is 1. The van der Waals surface area contributed by atoms with Crippen molar-refractivity contribution in [3.05, 3.63) is 30.3 Å². The molecule has 1 aromatic carbocycles. The number of sulfonamides is 1. The quantitative estimate of drug-likeness (QED) is 0.828. The lowest BCUT2D eigenvalue weighted by Gasteiger charge is -2.21. The average Bonchev–Trinajstić information content (AvgIpc) is 2.78. The monoisotopic (exact) mass is 270 g/mol. The molecule has 1 heterocycles. The highest BCUT2D eigenvalue weighted by Gasteiger charge is 2.33. The minimum Gasteiger partial charge on any atom is -0.480 e. The van der Waals surface area contributed by atoms with Gasteiger partial charge in [0.2, 0.25) is 0 Å². The van der Waals surface area contributed by atoms with Gasteiger partial charge in [-0.2, -0.15) is 0 Å².